The Morgan fingerprint density at radius 2 is 2.06 bits per heavy atom. The first-order chi connectivity index (χ1) is 8.22. The summed E-state index contributed by atoms with van der Waals surface area (Å²) < 4.78 is 0. The van der Waals surface area contributed by atoms with Gasteiger partial charge in [0.25, 0.3) is 0 Å². The number of allylic oxidation sites excluding steroid dienone is 2. The van der Waals surface area contributed by atoms with Crippen LogP contribution in [-0.4, -0.2) is 35.3 Å². The van der Waals surface area contributed by atoms with Crippen molar-refractivity contribution < 1.29 is 4.84 Å². The van der Waals surface area contributed by atoms with E-state index < -0.39 is 0 Å². The second-order valence-electron chi connectivity index (χ2n) is 5.04. The molecule has 0 aromatic carbocycles. The SMILES string of the molecule is CN1C2CCC1CC(ON1C=CC=C(Cl)N1)C2. The van der Waals surface area contributed by atoms with Crippen LogP contribution in [0.5, 0.6) is 0 Å². The van der Waals surface area contributed by atoms with Crippen molar-refractivity contribution in [1.29, 1.82) is 0 Å². The van der Waals surface area contributed by atoms with Gasteiger partial charge in [0.1, 0.15) is 5.16 Å². The van der Waals surface area contributed by atoms with E-state index in [1.807, 2.05) is 12.3 Å². The van der Waals surface area contributed by atoms with Crippen LogP contribution in [0.4, 0.5) is 0 Å². The molecule has 3 aliphatic rings. The van der Waals surface area contributed by atoms with Crippen molar-refractivity contribution in [2.45, 2.75) is 43.9 Å². The fourth-order valence-electron chi connectivity index (χ4n) is 3.06. The molecule has 0 aromatic rings. The molecule has 0 aromatic heterocycles. The van der Waals surface area contributed by atoms with Gasteiger partial charge in [0.2, 0.25) is 0 Å². The quantitative estimate of drug-likeness (QED) is 0.764. The van der Waals surface area contributed by atoms with Gasteiger partial charge in [-0.15, -0.1) is 0 Å². The molecule has 94 valence electrons. The van der Waals surface area contributed by atoms with Gasteiger partial charge in [-0.3, -0.25) is 10.3 Å². The number of nitrogens with one attached hydrogen (secondary N) is 1. The molecule has 0 saturated carbocycles. The fourth-order valence-corrected chi connectivity index (χ4v) is 3.21. The van der Waals surface area contributed by atoms with Gasteiger partial charge in [0.15, 0.2) is 0 Å². The maximum atomic E-state index is 5.92. The highest BCUT2D eigenvalue weighted by Gasteiger charge is 2.39. The number of hydroxylamine groups is 1. The Labute approximate surface area is 107 Å². The molecule has 3 rings (SSSR count). The van der Waals surface area contributed by atoms with Crippen LogP contribution in [0.3, 0.4) is 0 Å². The zero-order valence-electron chi connectivity index (χ0n) is 9.97. The van der Waals surface area contributed by atoms with Crippen LogP contribution >= 0.6 is 11.6 Å². The molecule has 2 atom stereocenters. The van der Waals surface area contributed by atoms with Crippen molar-refractivity contribution in [3.8, 4) is 0 Å². The second-order valence-corrected chi connectivity index (χ2v) is 5.45. The average Bonchev–Trinajstić information content (AvgIpc) is 2.52. The Kier molecular flexibility index (Phi) is 3.03. The Balaban J connectivity index is 1.57. The third-order valence-corrected chi connectivity index (χ3v) is 4.21. The Bertz CT molecular complexity index is 344. The molecule has 3 heterocycles. The first kappa shape index (κ1) is 11.4. The van der Waals surface area contributed by atoms with Gasteiger partial charge in [-0.1, -0.05) is 11.6 Å². The number of hydrazine groups is 1. The minimum absolute atomic E-state index is 0.295. The molecule has 0 aliphatic carbocycles. The Hall–Kier alpha value is -0.710. The van der Waals surface area contributed by atoms with Crippen molar-refractivity contribution in [2.75, 3.05) is 7.05 Å². The second kappa shape index (κ2) is 4.52. The molecular formula is C12H18ClN3O. The minimum atomic E-state index is 0.295. The minimum Gasteiger partial charge on any atom is -0.300 e. The van der Waals surface area contributed by atoms with E-state index in [0.29, 0.717) is 23.3 Å². The zero-order chi connectivity index (χ0) is 11.8. The summed E-state index contributed by atoms with van der Waals surface area (Å²) in [6.07, 6.45) is 10.7. The fraction of sp³-hybridized carbons (Fsp3) is 0.667. The molecule has 2 fully saturated rings. The third-order valence-electron chi connectivity index (χ3n) is 4.00. The van der Waals surface area contributed by atoms with Gasteiger partial charge in [-0.05, 0) is 44.9 Å². The maximum Gasteiger partial charge on any atom is 0.122 e. The first-order valence-corrected chi connectivity index (χ1v) is 6.59. The molecular weight excluding hydrogens is 238 g/mol. The van der Waals surface area contributed by atoms with Crippen molar-refractivity contribution >= 4 is 11.6 Å². The number of piperidine rings is 1. The van der Waals surface area contributed by atoms with Crippen molar-refractivity contribution in [2.24, 2.45) is 0 Å². The summed E-state index contributed by atoms with van der Waals surface area (Å²) in [5, 5.41) is 2.21. The number of fused-ring (bicyclic) bond motifs is 2. The molecule has 0 amide bonds. The predicted octanol–water partition coefficient (Wildman–Crippen LogP) is 1.96. The summed E-state index contributed by atoms with van der Waals surface area (Å²) in [4.78, 5) is 8.42. The highest BCUT2D eigenvalue weighted by atomic mass is 35.5. The van der Waals surface area contributed by atoms with Crippen LogP contribution < -0.4 is 5.43 Å². The largest absolute Gasteiger partial charge is 0.300 e. The van der Waals surface area contributed by atoms with Gasteiger partial charge in [-0.2, -0.15) is 5.17 Å². The third kappa shape index (κ3) is 2.30. The molecule has 2 unspecified atom stereocenters. The van der Waals surface area contributed by atoms with Crippen molar-refractivity contribution in [1.82, 2.24) is 15.5 Å². The molecule has 4 nitrogen and oxygen atoms in total. The monoisotopic (exact) mass is 255 g/mol. The van der Waals surface area contributed by atoms with Crippen LogP contribution in [0, 0.1) is 0 Å². The highest BCUT2D eigenvalue weighted by Crippen LogP contribution is 2.35. The van der Waals surface area contributed by atoms with Crippen LogP contribution in [0.25, 0.3) is 0 Å². The summed E-state index contributed by atoms with van der Waals surface area (Å²) in [5.74, 6) is 0. The smallest absolute Gasteiger partial charge is 0.122 e. The van der Waals surface area contributed by atoms with E-state index in [0.717, 1.165) is 12.8 Å². The summed E-state index contributed by atoms with van der Waals surface area (Å²) >= 11 is 5.89. The van der Waals surface area contributed by atoms with Crippen molar-refractivity contribution in [3.63, 3.8) is 0 Å². The van der Waals surface area contributed by atoms with Crippen molar-refractivity contribution in [3.05, 3.63) is 23.5 Å². The molecule has 1 N–H and O–H groups in total. The summed E-state index contributed by atoms with van der Waals surface area (Å²) in [6.45, 7) is 0. The molecule has 0 radical (unpaired) electrons. The Morgan fingerprint density at radius 1 is 1.35 bits per heavy atom. The van der Waals surface area contributed by atoms with Crippen LogP contribution in [0.15, 0.2) is 23.5 Å². The number of halogens is 1. The van der Waals surface area contributed by atoms with E-state index in [-0.39, 0.29) is 0 Å². The van der Waals surface area contributed by atoms with E-state index in [9.17, 15) is 0 Å². The summed E-state index contributed by atoms with van der Waals surface area (Å²) in [5.41, 5.74) is 2.96. The topological polar surface area (TPSA) is 27.7 Å². The van der Waals surface area contributed by atoms with Crippen LogP contribution in [0.2, 0.25) is 0 Å². The number of rotatable bonds is 2. The summed E-state index contributed by atoms with van der Waals surface area (Å²) in [6, 6.07) is 1.39. The zero-order valence-corrected chi connectivity index (χ0v) is 10.7. The highest BCUT2D eigenvalue weighted by molar-refractivity contribution is 6.29. The van der Waals surface area contributed by atoms with Crippen LogP contribution in [-0.2, 0) is 4.84 Å². The summed E-state index contributed by atoms with van der Waals surface area (Å²) in [7, 11) is 2.23. The molecule has 0 spiro atoms. The lowest BCUT2D eigenvalue weighted by Crippen LogP contribution is -2.46. The van der Waals surface area contributed by atoms with E-state index in [1.165, 1.54) is 12.8 Å². The number of nitrogens with zero attached hydrogens (tertiary/aromatic N) is 2. The Morgan fingerprint density at radius 3 is 2.71 bits per heavy atom. The molecule has 5 heteroatoms. The van der Waals surface area contributed by atoms with E-state index in [1.54, 1.807) is 11.2 Å². The molecule has 17 heavy (non-hydrogen) atoms. The number of hydrogen-bond donors (Lipinski definition) is 1. The van der Waals surface area contributed by atoms with E-state index in [4.69, 9.17) is 16.4 Å². The lowest BCUT2D eigenvalue weighted by atomic mass is 10.0. The lowest BCUT2D eigenvalue weighted by molar-refractivity contribution is -0.205. The van der Waals surface area contributed by atoms with Gasteiger partial charge < -0.3 is 4.90 Å². The number of hydrogen-bond acceptors (Lipinski definition) is 4. The first-order valence-electron chi connectivity index (χ1n) is 6.21. The lowest BCUT2D eigenvalue weighted by Gasteiger charge is -2.37. The standard InChI is InChI=1S/C12H18ClN3O/c1-15-9-4-5-10(15)8-11(7-9)17-16-6-2-3-12(13)14-16/h2-3,6,9-11,14H,4-5,7-8H2,1H3. The average molecular weight is 256 g/mol. The van der Waals surface area contributed by atoms with E-state index >= 15 is 0 Å². The van der Waals surface area contributed by atoms with Gasteiger partial charge in [0.05, 0.1) is 12.3 Å². The molecule has 2 saturated heterocycles. The maximum absolute atomic E-state index is 5.92. The molecule has 2 bridgehead atoms. The normalized spacial score (nSPS) is 36.9. The van der Waals surface area contributed by atoms with Gasteiger partial charge >= 0.3 is 0 Å². The van der Waals surface area contributed by atoms with E-state index in [2.05, 4.69) is 17.4 Å². The molecule has 3 aliphatic heterocycles. The van der Waals surface area contributed by atoms with Gasteiger partial charge in [0, 0.05) is 12.1 Å². The predicted molar refractivity (Wildman–Crippen MR) is 66.7 cm³/mol. The van der Waals surface area contributed by atoms with Crippen LogP contribution in [0.1, 0.15) is 25.7 Å². The van der Waals surface area contributed by atoms with Gasteiger partial charge in [-0.25, -0.2) is 0 Å².